The van der Waals surface area contributed by atoms with Gasteiger partial charge in [0.15, 0.2) is 0 Å². The minimum absolute atomic E-state index is 0.163. The maximum absolute atomic E-state index is 12.8. The number of nitrogens with two attached hydrogens (primary N) is 1. The van der Waals surface area contributed by atoms with Crippen LogP contribution in [-0.4, -0.2) is 32.1 Å². The maximum Gasteiger partial charge on any atom is 0.225 e. The van der Waals surface area contributed by atoms with E-state index in [4.69, 9.17) is 5.73 Å². The Morgan fingerprint density at radius 3 is 2.78 bits per heavy atom. The zero-order chi connectivity index (χ0) is 19.1. The van der Waals surface area contributed by atoms with Crippen molar-refractivity contribution in [1.29, 1.82) is 5.26 Å². The number of nitriles is 1. The predicted molar refractivity (Wildman–Crippen MR) is 101 cm³/mol. The van der Waals surface area contributed by atoms with Gasteiger partial charge in [0.25, 0.3) is 0 Å². The van der Waals surface area contributed by atoms with Crippen LogP contribution in [0.3, 0.4) is 0 Å². The molecule has 0 bridgehead atoms. The summed E-state index contributed by atoms with van der Waals surface area (Å²) in [6, 6.07) is 2.43. The molecule has 0 unspecified atom stereocenters. The highest BCUT2D eigenvalue weighted by atomic mass is 16.2. The summed E-state index contributed by atoms with van der Waals surface area (Å²) in [5.41, 5.74) is 9.91. The molecule has 140 valence electrons. The second kappa shape index (κ2) is 6.69. The van der Waals surface area contributed by atoms with Gasteiger partial charge >= 0.3 is 0 Å². The quantitative estimate of drug-likeness (QED) is 0.902. The molecule has 0 spiro atoms. The van der Waals surface area contributed by atoms with Gasteiger partial charge in [0.05, 0.1) is 11.9 Å². The van der Waals surface area contributed by atoms with E-state index in [2.05, 4.69) is 30.0 Å². The number of carbonyl (C=O) groups is 1. The Balaban J connectivity index is 1.79. The molecule has 2 aliphatic rings. The Hall–Kier alpha value is -2.88. The largest absolute Gasteiger partial charge is 0.383 e. The van der Waals surface area contributed by atoms with E-state index in [0.29, 0.717) is 25.1 Å². The van der Waals surface area contributed by atoms with Gasteiger partial charge in [-0.05, 0) is 26.7 Å². The summed E-state index contributed by atoms with van der Waals surface area (Å²) in [5, 5.41) is 14.1. The Morgan fingerprint density at radius 2 is 2.19 bits per heavy atom. The van der Waals surface area contributed by atoms with Crippen molar-refractivity contribution in [3.8, 4) is 17.2 Å². The monoisotopic (exact) mass is 364 g/mol. The van der Waals surface area contributed by atoms with Crippen LogP contribution in [0.25, 0.3) is 11.1 Å². The first-order chi connectivity index (χ1) is 13.0. The first kappa shape index (κ1) is 17.5. The maximum atomic E-state index is 12.8. The number of nitrogens with zero attached hydrogens (tertiary/aromatic N) is 5. The summed E-state index contributed by atoms with van der Waals surface area (Å²) < 4.78 is 1.86. The molecule has 7 heteroatoms. The molecule has 0 radical (unpaired) electrons. The Bertz CT molecular complexity index is 935. The van der Waals surface area contributed by atoms with Gasteiger partial charge in [-0.2, -0.15) is 10.4 Å². The average molecular weight is 364 g/mol. The number of carbonyl (C=O) groups excluding carboxylic acids is 1. The van der Waals surface area contributed by atoms with Crippen molar-refractivity contribution in [2.24, 2.45) is 5.92 Å². The fourth-order valence-corrected chi connectivity index (χ4v) is 3.86. The first-order valence-corrected chi connectivity index (χ1v) is 9.54. The van der Waals surface area contributed by atoms with E-state index in [0.717, 1.165) is 41.6 Å². The van der Waals surface area contributed by atoms with Crippen molar-refractivity contribution < 1.29 is 4.79 Å². The standard InChI is InChI=1S/C20H24N6O/c1-12(2)26-10-14(9-23-26)18-15(8-21)19(22)24-17-6-7-25(11-16(17)18)20(27)13-4-3-5-13/h9-10,12-13H,3-7,11H2,1-2H3,(H2,22,24). The zero-order valence-electron chi connectivity index (χ0n) is 15.8. The van der Waals surface area contributed by atoms with E-state index in [1.165, 1.54) is 0 Å². The summed E-state index contributed by atoms with van der Waals surface area (Å²) >= 11 is 0. The Kier molecular flexibility index (Phi) is 4.34. The van der Waals surface area contributed by atoms with Crippen LogP contribution in [0.1, 0.15) is 56.0 Å². The molecule has 2 N–H and O–H groups in total. The van der Waals surface area contributed by atoms with E-state index >= 15 is 0 Å². The number of pyridine rings is 1. The number of rotatable bonds is 3. The van der Waals surface area contributed by atoms with Gasteiger partial charge in [-0.1, -0.05) is 6.42 Å². The van der Waals surface area contributed by atoms with Crippen LogP contribution >= 0.6 is 0 Å². The molecule has 27 heavy (non-hydrogen) atoms. The normalized spacial score (nSPS) is 16.7. The summed E-state index contributed by atoms with van der Waals surface area (Å²) in [6.07, 6.45) is 7.47. The summed E-state index contributed by atoms with van der Waals surface area (Å²) in [4.78, 5) is 19.1. The molecular formula is C20H24N6O. The van der Waals surface area contributed by atoms with Gasteiger partial charge in [-0.15, -0.1) is 0 Å². The molecule has 0 saturated heterocycles. The van der Waals surface area contributed by atoms with E-state index in [1.807, 2.05) is 15.8 Å². The van der Waals surface area contributed by atoms with Crippen molar-refractivity contribution in [2.75, 3.05) is 12.3 Å². The van der Waals surface area contributed by atoms with Crippen LogP contribution < -0.4 is 5.73 Å². The van der Waals surface area contributed by atoms with E-state index in [1.54, 1.807) is 6.20 Å². The fraction of sp³-hybridized carbons (Fsp3) is 0.500. The van der Waals surface area contributed by atoms with Crippen LogP contribution in [0.15, 0.2) is 12.4 Å². The lowest BCUT2D eigenvalue weighted by molar-refractivity contribution is -0.139. The van der Waals surface area contributed by atoms with Crippen molar-refractivity contribution in [2.45, 2.75) is 52.1 Å². The van der Waals surface area contributed by atoms with E-state index in [-0.39, 0.29) is 23.7 Å². The second-order valence-electron chi connectivity index (χ2n) is 7.72. The Morgan fingerprint density at radius 1 is 1.41 bits per heavy atom. The number of amides is 1. The molecule has 7 nitrogen and oxygen atoms in total. The molecule has 4 rings (SSSR count). The molecule has 3 heterocycles. The minimum atomic E-state index is 0.163. The predicted octanol–water partition coefficient (Wildman–Crippen LogP) is 2.66. The highest BCUT2D eigenvalue weighted by molar-refractivity contribution is 5.82. The van der Waals surface area contributed by atoms with Crippen LogP contribution in [0.2, 0.25) is 0 Å². The lowest BCUT2D eigenvalue weighted by atomic mass is 9.83. The summed E-state index contributed by atoms with van der Waals surface area (Å²) in [6.45, 7) is 5.24. The number of hydrogen-bond donors (Lipinski definition) is 1. The van der Waals surface area contributed by atoms with Crippen LogP contribution in [0.5, 0.6) is 0 Å². The van der Waals surface area contributed by atoms with E-state index in [9.17, 15) is 10.1 Å². The molecule has 2 aromatic rings. The molecular weight excluding hydrogens is 340 g/mol. The number of aromatic nitrogens is 3. The van der Waals surface area contributed by atoms with Crippen molar-refractivity contribution >= 4 is 11.7 Å². The third-order valence-electron chi connectivity index (χ3n) is 5.68. The lowest BCUT2D eigenvalue weighted by Gasteiger charge is -2.35. The van der Waals surface area contributed by atoms with Crippen molar-refractivity contribution in [1.82, 2.24) is 19.7 Å². The SMILES string of the molecule is CC(C)n1cc(-c2c(C#N)c(N)nc3c2CN(C(=O)C2CCC2)CC3)cn1. The number of anilines is 1. The molecule has 1 aliphatic heterocycles. The molecule has 0 aromatic carbocycles. The third kappa shape index (κ3) is 2.95. The fourth-order valence-electron chi connectivity index (χ4n) is 3.86. The highest BCUT2D eigenvalue weighted by Crippen LogP contribution is 2.36. The summed E-state index contributed by atoms with van der Waals surface area (Å²) in [7, 11) is 0. The topological polar surface area (TPSA) is 101 Å². The lowest BCUT2D eigenvalue weighted by Crippen LogP contribution is -2.42. The molecule has 1 fully saturated rings. The van der Waals surface area contributed by atoms with Crippen LogP contribution in [0, 0.1) is 17.2 Å². The van der Waals surface area contributed by atoms with Gasteiger partial charge in [-0.3, -0.25) is 9.48 Å². The molecule has 2 aromatic heterocycles. The smallest absolute Gasteiger partial charge is 0.225 e. The Labute approximate surface area is 158 Å². The minimum Gasteiger partial charge on any atom is -0.383 e. The van der Waals surface area contributed by atoms with E-state index < -0.39 is 0 Å². The number of hydrogen-bond acceptors (Lipinski definition) is 5. The van der Waals surface area contributed by atoms with Crippen molar-refractivity contribution in [3.05, 3.63) is 29.2 Å². The number of fused-ring (bicyclic) bond motifs is 1. The number of nitrogen functional groups attached to an aromatic ring is 1. The van der Waals surface area contributed by atoms with Gasteiger partial charge in [-0.25, -0.2) is 4.98 Å². The molecule has 1 aliphatic carbocycles. The molecule has 0 atom stereocenters. The first-order valence-electron chi connectivity index (χ1n) is 9.54. The zero-order valence-corrected chi connectivity index (χ0v) is 15.8. The highest BCUT2D eigenvalue weighted by Gasteiger charge is 2.33. The van der Waals surface area contributed by atoms with Crippen LogP contribution in [0.4, 0.5) is 5.82 Å². The second-order valence-corrected chi connectivity index (χ2v) is 7.72. The molecule has 1 saturated carbocycles. The van der Waals surface area contributed by atoms with Gasteiger partial charge < -0.3 is 10.6 Å². The van der Waals surface area contributed by atoms with Gasteiger partial charge in [0, 0.05) is 54.4 Å². The summed E-state index contributed by atoms with van der Waals surface area (Å²) in [5.74, 6) is 0.643. The van der Waals surface area contributed by atoms with Gasteiger partial charge in [0.1, 0.15) is 17.5 Å². The third-order valence-corrected chi connectivity index (χ3v) is 5.68. The van der Waals surface area contributed by atoms with Gasteiger partial charge in [0.2, 0.25) is 5.91 Å². The van der Waals surface area contributed by atoms with Crippen molar-refractivity contribution in [3.63, 3.8) is 0 Å². The van der Waals surface area contributed by atoms with Crippen LogP contribution in [-0.2, 0) is 17.8 Å². The molecule has 1 amide bonds. The average Bonchev–Trinajstić information content (AvgIpc) is 3.08.